The Kier molecular flexibility index (Phi) is 5.12. The Labute approximate surface area is 284 Å². The van der Waals surface area contributed by atoms with Gasteiger partial charge in [-0.1, -0.05) is 38.9 Å². The number of benzene rings is 4. The molecule has 6 heteroatoms. The van der Waals surface area contributed by atoms with Crippen LogP contribution < -0.4 is 4.74 Å². The van der Waals surface area contributed by atoms with Gasteiger partial charge in [-0.3, -0.25) is 0 Å². The predicted octanol–water partition coefficient (Wildman–Crippen LogP) is 9.17. The monoisotopic (exact) mass is 776 g/mol. The minimum Gasteiger partial charge on any atom is -0.239 e. The van der Waals surface area contributed by atoms with Crippen LogP contribution in [0.3, 0.4) is 0 Å². The number of hydrogen-bond acceptors (Lipinski definition) is 2. The van der Waals surface area contributed by atoms with Crippen LogP contribution in [-0.2, 0) is 38.2 Å². The SMILES string of the molecule is [2H]c1c([2H])c([2H])c2c(c1[2H])c1ccc(Oc3[c-]c4c(cc3)CCCC4n3[c](=[Pt])n(C([2H])([2H])[2H])c4ccccc43)[c-]c1n2-c1cc(C(C)(C)C)ccn1. The van der Waals surface area contributed by atoms with E-state index in [1.807, 2.05) is 48.5 Å². The van der Waals surface area contributed by atoms with Crippen LogP contribution in [0.15, 0.2) is 91.0 Å². The number of imidazole rings is 1. The normalized spacial score (nSPS) is 17.7. The van der Waals surface area contributed by atoms with Crippen molar-refractivity contribution in [3.05, 3.63) is 124 Å². The molecular weight excluding hydrogens is 736 g/mol. The molecule has 0 radical (unpaired) electrons. The Morgan fingerprint density at radius 1 is 0.956 bits per heavy atom. The van der Waals surface area contributed by atoms with Gasteiger partial charge in [0.1, 0.15) is 0 Å². The van der Waals surface area contributed by atoms with Gasteiger partial charge in [-0.15, -0.1) is 0 Å². The summed E-state index contributed by atoms with van der Waals surface area (Å²) in [5.41, 5.74) is 5.23. The molecule has 7 aromatic rings. The third-order valence-corrected chi connectivity index (χ3v) is 9.74. The van der Waals surface area contributed by atoms with Crippen molar-refractivity contribution in [1.29, 1.82) is 0 Å². The number of aryl methyl sites for hydroxylation is 2. The molecule has 1 unspecified atom stereocenters. The maximum absolute atomic E-state index is 8.91. The number of aromatic nitrogens is 4. The van der Waals surface area contributed by atoms with Gasteiger partial charge in [-0.05, 0) is 29.2 Å². The van der Waals surface area contributed by atoms with E-state index in [4.69, 9.17) is 14.3 Å². The van der Waals surface area contributed by atoms with Crippen LogP contribution in [0.25, 0.3) is 38.7 Å². The average molecular weight is 777 g/mol. The fourth-order valence-corrected chi connectivity index (χ4v) is 7.36. The zero-order valence-electron chi connectivity index (χ0n) is 32.1. The number of ether oxygens (including phenoxy) is 1. The Hall–Kier alpha value is -4.21. The summed E-state index contributed by atoms with van der Waals surface area (Å²) >= 11 is 2.12. The summed E-state index contributed by atoms with van der Waals surface area (Å²) in [4.78, 5) is 4.67. The molecule has 3 aromatic heterocycles. The smallest absolute Gasteiger partial charge is 0.239 e. The van der Waals surface area contributed by atoms with Crippen molar-refractivity contribution in [2.24, 2.45) is 6.98 Å². The minimum atomic E-state index is -2.35. The topological polar surface area (TPSA) is 36.9 Å². The summed E-state index contributed by atoms with van der Waals surface area (Å²) in [5.74, 6) is 1.36. The number of para-hydroxylation sites is 3. The fraction of sp³-hybridized carbons (Fsp3) is 0.231. The number of rotatable bonds is 4. The average Bonchev–Trinajstić information content (AvgIpc) is 3.61. The predicted molar refractivity (Wildman–Crippen MR) is 177 cm³/mol. The Morgan fingerprint density at radius 3 is 2.60 bits per heavy atom. The first-order valence-corrected chi connectivity index (χ1v) is 16.1. The second kappa shape index (κ2) is 10.7. The standard InChI is InChI=1S/C39H34N4O.Pt/c1-39(2,3)27-20-21-40-38(22-27)43-34-12-6-5-11-30(34)31-19-18-29(24-37(31)43)44-28-17-16-26-10-9-15-33(32(26)23-28)42-25-41(4)35-13-7-8-14-36(35)42;/h5-8,11-14,16-22,33H,9-10,15H2,1-4H3;/q-2;/i4D3,5D,6D,11D,12D;. The number of pyridine rings is 1. The third-order valence-electron chi connectivity index (χ3n) is 8.69. The van der Waals surface area contributed by atoms with Gasteiger partial charge < -0.3 is 0 Å². The molecule has 1 aliphatic rings. The van der Waals surface area contributed by atoms with E-state index in [9.17, 15) is 0 Å². The molecule has 0 fully saturated rings. The van der Waals surface area contributed by atoms with Crippen molar-refractivity contribution in [3.63, 3.8) is 0 Å². The van der Waals surface area contributed by atoms with Gasteiger partial charge in [0.15, 0.2) is 0 Å². The van der Waals surface area contributed by atoms with Crippen LogP contribution in [0.5, 0.6) is 11.5 Å². The zero-order valence-corrected chi connectivity index (χ0v) is 27.3. The second-order valence-corrected chi connectivity index (χ2v) is 13.5. The van der Waals surface area contributed by atoms with E-state index in [-0.39, 0.29) is 35.6 Å². The van der Waals surface area contributed by atoms with Crippen molar-refractivity contribution in [2.45, 2.75) is 51.5 Å². The molecule has 4 aromatic carbocycles. The molecule has 0 bridgehead atoms. The summed E-state index contributed by atoms with van der Waals surface area (Å²) in [6.07, 6.45) is 4.34. The van der Waals surface area contributed by atoms with Crippen molar-refractivity contribution in [3.8, 4) is 17.3 Å². The van der Waals surface area contributed by atoms with E-state index >= 15 is 0 Å². The number of nitrogens with zero attached hydrogens (tertiary/aromatic N) is 4. The molecule has 5 nitrogen and oxygen atoms in total. The first kappa shape index (κ1) is 21.5. The molecule has 1 atom stereocenters. The van der Waals surface area contributed by atoms with Gasteiger partial charge in [0, 0.05) is 6.20 Å². The van der Waals surface area contributed by atoms with Gasteiger partial charge in [-0.25, -0.2) is 4.98 Å². The van der Waals surface area contributed by atoms with Crippen LogP contribution in [-0.4, -0.2) is 18.7 Å². The first-order chi connectivity index (χ1) is 24.6. The summed E-state index contributed by atoms with van der Waals surface area (Å²) in [6, 6.07) is 24.8. The van der Waals surface area contributed by atoms with E-state index in [1.165, 1.54) is 4.57 Å². The van der Waals surface area contributed by atoms with Gasteiger partial charge in [0.2, 0.25) is 0 Å². The zero-order chi connectivity index (χ0) is 36.9. The molecule has 0 aliphatic heterocycles. The van der Waals surface area contributed by atoms with Crippen LogP contribution >= 0.6 is 0 Å². The Bertz CT molecular complexity index is 2650. The summed E-state index contributed by atoms with van der Waals surface area (Å²) in [6.45, 7) is 3.96. The summed E-state index contributed by atoms with van der Waals surface area (Å²) in [7, 11) is 0. The first-order valence-electron chi connectivity index (χ1n) is 18.5. The molecule has 0 saturated heterocycles. The van der Waals surface area contributed by atoms with Gasteiger partial charge >= 0.3 is 200 Å². The molecular formula is C39H34N4OPt-2. The number of fused-ring (bicyclic) bond motifs is 5. The molecule has 0 N–H and O–H groups in total. The molecule has 3 heterocycles. The van der Waals surface area contributed by atoms with E-state index in [0.29, 0.717) is 48.4 Å². The molecule has 8 rings (SSSR count). The van der Waals surface area contributed by atoms with Crippen LogP contribution in [0, 0.1) is 15.9 Å². The third kappa shape index (κ3) is 4.71. The van der Waals surface area contributed by atoms with E-state index in [2.05, 4.69) is 61.8 Å². The Balaban J connectivity index is 1.27. The molecule has 0 saturated carbocycles. The maximum atomic E-state index is 8.91. The van der Waals surface area contributed by atoms with Crippen molar-refractivity contribution >= 4 is 32.8 Å². The van der Waals surface area contributed by atoms with Gasteiger partial charge in [-0.2, -0.15) is 0 Å². The van der Waals surface area contributed by atoms with Gasteiger partial charge in [0.25, 0.3) is 0 Å². The van der Waals surface area contributed by atoms with Crippen LogP contribution in [0.2, 0.25) is 0 Å². The van der Waals surface area contributed by atoms with Gasteiger partial charge in [0.05, 0.1) is 5.48 Å². The molecule has 1 aliphatic carbocycles. The Morgan fingerprint density at radius 2 is 1.76 bits per heavy atom. The second-order valence-electron chi connectivity index (χ2n) is 12.5. The summed E-state index contributed by atoms with van der Waals surface area (Å²) < 4.78 is 71.8. The van der Waals surface area contributed by atoms with Crippen LogP contribution in [0.4, 0.5) is 0 Å². The molecule has 228 valence electrons. The van der Waals surface area contributed by atoms with Crippen molar-refractivity contribution < 1.29 is 33.7 Å². The van der Waals surface area contributed by atoms with E-state index in [1.54, 1.807) is 22.9 Å². The molecule has 0 spiro atoms. The summed E-state index contributed by atoms with van der Waals surface area (Å²) in [5, 5.41) is 0.987. The van der Waals surface area contributed by atoms with E-state index < -0.39 is 6.98 Å². The van der Waals surface area contributed by atoms with Crippen LogP contribution in [0.1, 0.15) is 65.9 Å². The fourth-order valence-electron chi connectivity index (χ4n) is 6.46. The quantitative estimate of drug-likeness (QED) is 0.167. The molecule has 45 heavy (non-hydrogen) atoms. The van der Waals surface area contributed by atoms with Crippen molar-refractivity contribution in [1.82, 2.24) is 18.7 Å². The minimum absolute atomic E-state index is 0.130. The molecule has 0 amide bonds. The van der Waals surface area contributed by atoms with E-state index in [0.717, 1.165) is 41.5 Å². The number of hydrogen-bond donors (Lipinski definition) is 0. The van der Waals surface area contributed by atoms with Crippen molar-refractivity contribution in [2.75, 3.05) is 0 Å².